The van der Waals surface area contributed by atoms with Gasteiger partial charge in [-0.05, 0) is 35.3 Å². The fraction of sp³-hybridized carbons (Fsp3) is 0.632. The molecule has 0 radical (unpaired) electrons. The Hall–Kier alpha value is -1.35. The maximum atomic E-state index is 12.6. The van der Waals surface area contributed by atoms with Crippen molar-refractivity contribution >= 4 is 5.97 Å². The number of carbonyl (C=O) groups is 1. The lowest BCUT2D eigenvalue weighted by Crippen LogP contribution is -2.37. The Morgan fingerprint density at radius 2 is 1.59 bits per heavy atom. The van der Waals surface area contributed by atoms with Gasteiger partial charge in [0.05, 0.1) is 5.92 Å². The van der Waals surface area contributed by atoms with Crippen LogP contribution in [0.4, 0.5) is 0 Å². The fourth-order valence-electron chi connectivity index (χ4n) is 2.47. The molecule has 0 saturated heterocycles. The van der Waals surface area contributed by atoms with Crippen LogP contribution in [0.2, 0.25) is 0 Å². The van der Waals surface area contributed by atoms with E-state index in [0.29, 0.717) is 12.2 Å². The summed E-state index contributed by atoms with van der Waals surface area (Å²) in [6, 6.07) is 9.15. The average Bonchev–Trinajstić information content (AvgIpc) is 2.37. The van der Waals surface area contributed by atoms with Gasteiger partial charge in [-0.15, -0.1) is 0 Å². The topological polar surface area (TPSA) is 46.5 Å². The third-order valence-electron chi connectivity index (χ3n) is 4.26. The molecule has 0 saturated carbocycles. The number of ether oxygens (including phenoxy) is 1. The largest absolute Gasteiger partial charge is 0.426 e. The summed E-state index contributed by atoms with van der Waals surface area (Å²) in [5, 5.41) is 9.70. The Kier molecular flexibility index (Phi) is 6.18. The zero-order valence-corrected chi connectivity index (χ0v) is 14.7. The fourth-order valence-corrected chi connectivity index (χ4v) is 2.47. The van der Waals surface area contributed by atoms with Crippen molar-refractivity contribution in [1.82, 2.24) is 0 Å². The maximum absolute atomic E-state index is 12.6. The van der Waals surface area contributed by atoms with Gasteiger partial charge in [-0.3, -0.25) is 4.79 Å². The Morgan fingerprint density at radius 3 is 2.00 bits per heavy atom. The molecule has 0 aromatic heterocycles. The summed E-state index contributed by atoms with van der Waals surface area (Å²) in [6.45, 7) is 12.5. The van der Waals surface area contributed by atoms with Gasteiger partial charge in [0, 0.05) is 6.61 Å². The van der Waals surface area contributed by atoms with Gasteiger partial charge in [-0.1, -0.05) is 59.7 Å². The van der Waals surface area contributed by atoms with Crippen molar-refractivity contribution < 1.29 is 14.6 Å². The number of hydrogen-bond acceptors (Lipinski definition) is 3. The molecular formula is C19H30O3. The minimum Gasteiger partial charge on any atom is -0.426 e. The Bertz CT molecular complexity index is 466. The molecule has 0 aliphatic heterocycles. The van der Waals surface area contributed by atoms with E-state index in [-0.39, 0.29) is 35.2 Å². The summed E-state index contributed by atoms with van der Waals surface area (Å²) in [7, 11) is 0. The Balaban J connectivity index is 2.91. The Labute approximate surface area is 134 Å². The van der Waals surface area contributed by atoms with Crippen molar-refractivity contribution in [2.45, 2.75) is 48.0 Å². The summed E-state index contributed by atoms with van der Waals surface area (Å²) in [4.78, 5) is 12.6. The van der Waals surface area contributed by atoms with E-state index in [4.69, 9.17) is 4.74 Å². The van der Waals surface area contributed by atoms with Crippen LogP contribution in [0.1, 0.15) is 48.0 Å². The van der Waals surface area contributed by atoms with Crippen LogP contribution in [0, 0.1) is 22.7 Å². The van der Waals surface area contributed by atoms with Crippen molar-refractivity contribution in [2.75, 3.05) is 6.61 Å². The smallest absolute Gasteiger partial charge is 0.314 e. The maximum Gasteiger partial charge on any atom is 0.314 e. The molecule has 2 atom stereocenters. The predicted octanol–water partition coefficient (Wildman–Crippen LogP) is 4.30. The number of rotatable bonds is 5. The lowest BCUT2D eigenvalue weighted by Gasteiger charge is -2.36. The third-order valence-corrected chi connectivity index (χ3v) is 4.26. The lowest BCUT2D eigenvalue weighted by molar-refractivity contribution is -0.144. The zero-order chi connectivity index (χ0) is 17.0. The quantitative estimate of drug-likeness (QED) is 0.651. The van der Waals surface area contributed by atoms with E-state index in [1.807, 2.05) is 39.0 Å². The van der Waals surface area contributed by atoms with E-state index in [0.717, 1.165) is 0 Å². The van der Waals surface area contributed by atoms with Crippen LogP contribution in [0.5, 0.6) is 5.75 Å². The number of benzene rings is 1. The van der Waals surface area contributed by atoms with Crippen molar-refractivity contribution in [3.8, 4) is 5.75 Å². The second-order valence-corrected chi connectivity index (χ2v) is 8.13. The molecule has 0 aliphatic carbocycles. The lowest BCUT2D eigenvalue weighted by atomic mass is 9.70. The van der Waals surface area contributed by atoms with E-state index in [1.54, 1.807) is 12.1 Å². The molecular weight excluding hydrogens is 276 g/mol. The van der Waals surface area contributed by atoms with Crippen molar-refractivity contribution in [3.05, 3.63) is 30.3 Å². The van der Waals surface area contributed by atoms with Crippen molar-refractivity contribution in [2.24, 2.45) is 22.7 Å². The van der Waals surface area contributed by atoms with E-state index in [1.165, 1.54) is 0 Å². The van der Waals surface area contributed by atoms with Gasteiger partial charge >= 0.3 is 5.97 Å². The SMILES string of the molecule is CC(C)(C)C(CO)CC(C(=O)Oc1ccccc1)C(C)(C)C. The molecule has 1 rings (SSSR count). The molecule has 0 heterocycles. The van der Waals surface area contributed by atoms with E-state index >= 15 is 0 Å². The first kappa shape index (κ1) is 18.7. The van der Waals surface area contributed by atoms with Crippen LogP contribution in [0.15, 0.2) is 30.3 Å². The highest BCUT2D eigenvalue weighted by atomic mass is 16.5. The minimum absolute atomic E-state index is 0.0503. The first-order valence-corrected chi connectivity index (χ1v) is 7.93. The second kappa shape index (κ2) is 7.28. The number of para-hydroxylation sites is 1. The molecule has 3 heteroatoms. The number of aliphatic hydroxyl groups is 1. The van der Waals surface area contributed by atoms with Crippen molar-refractivity contribution in [3.63, 3.8) is 0 Å². The molecule has 0 amide bonds. The predicted molar refractivity (Wildman–Crippen MR) is 89.7 cm³/mol. The van der Waals surface area contributed by atoms with Crippen LogP contribution in [0.25, 0.3) is 0 Å². The molecule has 1 aromatic rings. The zero-order valence-electron chi connectivity index (χ0n) is 14.7. The van der Waals surface area contributed by atoms with Gasteiger partial charge in [0.25, 0.3) is 0 Å². The number of carbonyl (C=O) groups excluding carboxylic acids is 1. The molecule has 22 heavy (non-hydrogen) atoms. The first-order chi connectivity index (χ1) is 10.1. The highest BCUT2D eigenvalue weighted by molar-refractivity contribution is 5.75. The molecule has 2 unspecified atom stereocenters. The van der Waals surface area contributed by atoms with Gasteiger partial charge in [0.1, 0.15) is 5.75 Å². The highest BCUT2D eigenvalue weighted by Gasteiger charge is 2.37. The van der Waals surface area contributed by atoms with Crippen LogP contribution in [0.3, 0.4) is 0 Å². The van der Waals surface area contributed by atoms with Crippen molar-refractivity contribution in [1.29, 1.82) is 0 Å². The number of hydrogen-bond donors (Lipinski definition) is 1. The third kappa shape index (κ3) is 5.45. The van der Waals surface area contributed by atoms with Crippen LogP contribution in [-0.4, -0.2) is 17.7 Å². The summed E-state index contributed by atoms with van der Waals surface area (Å²) in [6.07, 6.45) is 0.620. The summed E-state index contributed by atoms with van der Waals surface area (Å²) < 4.78 is 5.54. The standard InChI is InChI=1S/C19H30O3/c1-18(2,3)14(13-20)12-16(19(4,5)6)17(21)22-15-10-8-7-9-11-15/h7-11,14,16,20H,12-13H2,1-6H3. The molecule has 0 spiro atoms. The van der Waals surface area contributed by atoms with E-state index in [9.17, 15) is 9.90 Å². The molecule has 1 aromatic carbocycles. The number of esters is 1. The van der Waals surface area contributed by atoms with Crippen LogP contribution >= 0.6 is 0 Å². The van der Waals surface area contributed by atoms with Gasteiger partial charge in [-0.2, -0.15) is 0 Å². The van der Waals surface area contributed by atoms with Gasteiger partial charge in [-0.25, -0.2) is 0 Å². The van der Waals surface area contributed by atoms with Crippen LogP contribution in [-0.2, 0) is 4.79 Å². The molecule has 0 bridgehead atoms. The van der Waals surface area contributed by atoms with E-state index < -0.39 is 0 Å². The normalized spacial score (nSPS) is 15.2. The number of aliphatic hydroxyl groups excluding tert-OH is 1. The van der Waals surface area contributed by atoms with Gasteiger partial charge in [0.15, 0.2) is 0 Å². The molecule has 3 nitrogen and oxygen atoms in total. The van der Waals surface area contributed by atoms with E-state index in [2.05, 4.69) is 20.8 Å². The second-order valence-electron chi connectivity index (χ2n) is 8.13. The molecule has 1 N–H and O–H groups in total. The summed E-state index contributed by atoms with van der Waals surface area (Å²) >= 11 is 0. The summed E-state index contributed by atoms with van der Waals surface area (Å²) in [5.41, 5.74) is -0.268. The highest BCUT2D eigenvalue weighted by Crippen LogP contribution is 2.38. The molecule has 124 valence electrons. The summed E-state index contributed by atoms with van der Waals surface area (Å²) in [5.74, 6) is 0.142. The molecule has 0 aliphatic rings. The monoisotopic (exact) mass is 306 g/mol. The minimum atomic E-state index is -0.260. The van der Waals surface area contributed by atoms with Crippen LogP contribution < -0.4 is 4.74 Å². The molecule has 0 fully saturated rings. The van der Waals surface area contributed by atoms with Gasteiger partial charge < -0.3 is 9.84 Å². The Morgan fingerprint density at radius 1 is 1.05 bits per heavy atom. The first-order valence-electron chi connectivity index (χ1n) is 7.93. The van der Waals surface area contributed by atoms with Gasteiger partial charge in [0.2, 0.25) is 0 Å². The average molecular weight is 306 g/mol.